The molecule has 0 nitrogen and oxygen atoms in total. The fourth-order valence-corrected chi connectivity index (χ4v) is 2.83. The second-order valence-electron chi connectivity index (χ2n) is 5.84. The summed E-state index contributed by atoms with van der Waals surface area (Å²) in [6.07, 6.45) is 3.40. The third-order valence-corrected chi connectivity index (χ3v) is 4.44. The van der Waals surface area contributed by atoms with Gasteiger partial charge >= 0.3 is 0 Å². The molecule has 0 fully saturated rings. The number of rotatable bonds is 0. The van der Waals surface area contributed by atoms with Crippen LogP contribution in [0.4, 0.5) is 0 Å². The Labute approximate surface area is 148 Å². The summed E-state index contributed by atoms with van der Waals surface area (Å²) in [4.78, 5) is 0. The molecule has 1 atom stereocenters. The Balaban J connectivity index is 0.000000205. The van der Waals surface area contributed by atoms with Gasteiger partial charge in [0.25, 0.3) is 0 Å². The maximum atomic E-state index is 3.40. The minimum atomic E-state index is 0. The summed E-state index contributed by atoms with van der Waals surface area (Å²) in [6.45, 7) is 13.0. The van der Waals surface area contributed by atoms with Crippen molar-refractivity contribution in [1.29, 1.82) is 0 Å². The molecule has 21 heavy (non-hydrogen) atoms. The molecule has 0 heterocycles. The normalized spacial score (nSPS) is 15.5. The van der Waals surface area contributed by atoms with Crippen LogP contribution in [-0.2, 0) is 25.8 Å². The van der Waals surface area contributed by atoms with E-state index < -0.39 is 0 Å². The van der Waals surface area contributed by atoms with E-state index in [9.17, 15) is 0 Å². The standard InChI is InChI=1S/C11H11.C9H13.Hf/c1-8-7-9(2)11-6-4-3-5-10(8)11;1-6-5-7(2)9(4)8(6)3;/h3-6,8H,1-2H3;5H,1-4H3;/q2*-1;. The smallest absolute Gasteiger partial charge is 0 e. The molecule has 0 aromatic heterocycles. The zero-order chi connectivity index (χ0) is 14.9. The summed E-state index contributed by atoms with van der Waals surface area (Å²) in [7, 11) is 0. The van der Waals surface area contributed by atoms with Gasteiger partial charge < -0.3 is 0 Å². The van der Waals surface area contributed by atoms with E-state index in [1.807, 2.05) is 0 Å². The number of hydrogen-bond acceptors (Lipinski definition) is 0. The molecule has 1 aliphatic carbocycles. The quantitative estimate of drug-likeness (QED) is 0.365. The van der Waals surface area contributed by atoms with Gasteiger partial charge in [0.05, 0.1) is 0 Å². The van der Waals surface area contributed by atoms with Gasteiger partial charge in [-0.25, -0.2) is 5.57 Å². The van der Waals surface area contributed by atoms with E-state index in [2.05, 4.69) is 78.0 Å². The monoisotopic (exact) mass is 444 g/mol. The molecule has 1 unspecified atom stereocenters. The van der Waals surface area contributed by atoms with Crippen molar-refractivity contribution >= 4 is 5.57 Å². The summed E-state index contributed by atoms with van der Waals surface area (Å²) in [5, 5.41) is 0. The van der Waals surface area contributed by atoms with Gasteiger partial charge in [0.2, 0.25) is 0 Å². The Hall–Kier alpha value is -0.820. The van der Waals surface area contributed by atoms with Crippen molar-refractivity contribution in [3.8, 4) is 0 Å². The fraction of sp³-hybridized carbons (Fsp3) is 0.350. The van der Waals surface area contributed by atoms with Crippen LogP contribution in [0.15, 0.2) is 30.3 Å². The van der Waals surface area contributed by atoms with Crippen LogP contribution in [0.25, 0.3) is 5.57 Å². The predicted octanol–water partition coefficient (Wildman–Crippen LogP) is 5.65. The van der Waals surface area contributed by atoms with E-state index in [0.29, 0.717) is 5.92 Å². The molecule has 3 rings (SSSR count). The molecule has 0 saturated carbocycles. The van der Waals surface area contributed by atoms with Gasteiger partial charge in [-0.15, -0.1) is 11.6 Å². The van der Waals surface area contributed by atoms with Crippen molar-refractivity contribution in [2.75, 3.05) is 0 Å². The van der Waals surface area contributed by atoms with Crippen molar-refractivity contribution < 1.29 is 25.8 Å². The average molecular weight is 443 g/mol. The van der Waals surface area contributed by atoms with Gasteiger partial charge in [-0.2, -0.15) is 33.9 Å². The van der Waals surface area contributed by atoms with Crippen molar-refractivity contribution in [3.05, 3.63) is 69.8 Å². The SMILES string of the molecule is CC1=[C-]C(C)c2ccccc21.Cc1c[c-](C)c(C)c1C.[Hf]. The molecule has 0 saturated heterocycles. The number of fused-ring (bicyclic) bond motifs is 1. The number of benzene rings is 1. The topological polar surface area (TPSA) is 0 Å². The van der Waals surface area contributed by atoms with Gasteiger partial charge in [-0.3, -0.25) is 6.08 Å². The van der Waals surface area contributed by atoms with Crippen LogP contribution in [0, 0.1) is 33.8 Å². The van der Waals surface area contributed by atoms with Crippen LogP contribution >= 0.6 is 0 Å². The van der Waals surface area contributed by atoms with Crippen LogP contribution in [0.3, 0.4) is 0 Å². The van der Waals surface area contributed by atoms with Gasteiger partial charge in [0.15, 0.2) is 0 Å². The summed E-state index contributed by atoms with van der Waals surface area (Å²) in [5.41, 5.74) is 9.84. The third kappa shape index (κ3) is 3.88. The molecule has 2 aromatic rings. The van der Waals surface area contributed by atoms with Crippen molar-refractivity contribution in [1.82, 2.24) is 0 Å². The molecule has 0 spiro atoms. The van der Waals surface area contributed by atoms with Crippen LogP contribution in [-0.4, -0.2) is 0 Å². The first-order chi connectivity index (χ1) is 9.41. The van der Waals surface area contributed by atoms with E-state index in [1.165, 1.54) is 39.0 Å². The maximum Gasteiger partial charge on any atom is 0 e. The Kier molecular flexibility index (Phi) is 6.46. The molecule has 0 N–H and O–H groups in total. The molecule has 0 amide bonds. The van der Waals surface area contributed by atoms with E-state index in [4.69, 9.17) is 0 Å². The first kappa shape index (κ1) is 18.2. The molecule has 1 heteroatoms. The summed E-state index contributed by atoms with van der Waals surface area (Å²) in [5.74, 6) is 0.492. The van der Waals surface area contributed by atoms with Crippen molar-refractivity contribution in [3.63, 3.8) is 0 Å². The minimum absolute atomic E-state index is 0. The Morgan fingerprint density at radius 2 is 1.67 bits per heavy atom. The number of aryl methyl sites for hydroxylation is 2. The van der Waals surface area contributed by atoms with Crippen molar-refractivity contribution in [2.45, 2.75) is 47.5 Å². The minimum Gasteiger partial charge on any atom is -0.266 e. The Morgan fingerprint density at radius 1 is 1.05 bits per heavy atom. The molecule has 0 radical (unpaired) electrons. The molecule has 1 aliphatic rings. The van der Waals surface area contributed by atoms with E-state index in [1.54, 1.807) is 0 Å². The first-order valence-electron chi connectivity index (χ1n) is 7.31. The number of allylic oxidation sites excluding steroid dienone is 2. The molecular weight excluding hydrogens is 419 g/mol. The van der Waals surface area contributed by atoms with Gasteiger partial charge in [0, 0.05) is 25.8 Å². The maximum absolute atomic E-state index is 3.40. The predicted molar refractivity (Wildman–Crippen MR) is 88.2 cm³/mol. The summed E-state index contributed by atoms with van der Waals surface area (Å²) < 4.78 is 0. The largest absolute Gasteiger partial charge is 0.266 e. The molecule has 2 aromatic carbocycles. The average Bonchev–Trinajstić information content (AvgIpc) is 2.84. The zero-order valence-corrected chi connectivity index (χ0v) is 17.6. The Morgan fingerprint density at radius 3 is 2.10 bits per heavy atom. The van der Waals surface area contributed by atoms with Gasteiger partial charge in [-0.1, -0.05) is 65.7 Å². The Bertz CT molecular complexity index is 621. The van der Waals surface area contributed by atoms with Crippen molar-refractivity contribution in [2.24, 2.45) is 0 Å². The first-order valence-corrected chi connectivity index (χ1v) is 7.31. The van der Waals surface area contributed by atoms with Crippen LogP contribution < -0.4 is 0 Å². The van der Waals surface area contributed by atoms with E-state index in [0.717, 1.165) is 0 Å². The summed E-state index contributed by atoms with van der Waals surface area (Å²) >= 11 is 0. The van der Waals surface area contributed by atoms with Crippen LogP contribution in [0.2, 0.25) is 0 Å². The second kappa shape index (κ2) is 7.45. The molecule has 0 bridgehead atoms. The van der Waals surface area contributed by atoms with E-state index >= 15 is 0 Å². The van der Waals surface area contributed by atoms with Crippen LogP contribution in [0.5, 0.6) is 0 Å². The van der Waals surface area contributed by atoms with Gasteiger partial charge in [-0.05, 0) is 0 Å². The zero-order valence-electron chi connectivity index (χ0n) is 14.0. The van der Waals surface area contributed by atoms with Gasteiger partial charge in [0.1, 0.15) is 0 Å². The number of hydrogen-bond donors (Lipinski definition) is 0. The molecule has 0 aliphatic heterocycles. The summed E-state index contributed by atoms with van der Waals surface area (Å²) in [6, 6.07) is 10.8. The fourth-order valence-electron chi connectivity index (χ4n) is 2.83. The third-order valence-electron chi connectivity index (χ3n) is 4.44. The molecular formula is C20H24Hf-2. The molecule has 110 valence electrons. The van der Waals surface area contributed by atoms with E-state index in [-0.39, 0.29) is 25.8 Å². The van der Waals surface area contributed by atoms with Crippen LogP contribution in [0.1, 0.15) is 53.1 Å². The second-order valence-corrected chi connectivity index (χ2v) is 5.84.